The minimum Gasteiger partial charge on any atom is -0.398 e. The molecule has 0 saturated heterocycles. The molecule has 5 heteroatoms. The molecule has 0 saturated carbocycles. The Bertz CT molecular complexity index is 722. The summed E-state index contributed by atoms with van der Waals surface area (Å²) in [5.41, 5.74) is 8.91. The van der Waals surface area contributed by atoms with Crippen LogP contribution in [0.2, 0.25) is 0 Å². The maximum Gasteiger partial charge on any atom is 0.264 e. The molecule has 0 aromatic heterocycles. The number of rotatable bonds is 3. The Morgan fingerprint density at radius 3 is 2.15 bits per heavy atom. The van der Waals surface area contributed by atoms with Crippen molar-refractivity contribution >= 4 is 21.4 Å². The molecular weight excluding hydrogens is 272 g/mol. The first kappa shape index (κ1) is 14.4. The Hall–Kier alpha value is -2.01. The van der Waals surface area contributed by atoms with Crippen LogP contribution in [0.15, 0.2) is 47.4 Å². The van der Waals surface area contributed by atoms with E-state index in [0.29, 0.717) is 11.4 Å². The zero-order valence-corrected chi connectivity index (χ0v) is 12.6. The molecule has 4 nitrogen and oxygen atoms in total. The van der Waals surface area contributed by atoms with Gasteiger partial charge in [-0.2, -0.15) is 0 Å². The van der Waals surface area contributed by atoms with Gasteiger partial charge in [-0.15, -0.1) is 0 Å². The van der Waals surface area contributed by atoms with Gasteiger partial charge in [0.2, 0.25) is 0 Å². The number of hydrogen-bond acceptors (Lipinski definition) is 3. The minimum atomic E-state index is -3.56. The fourth-order valence-corrected chi connectivity index (χ4v) is 3.02. The van der Waals surface area contributed by atoms with Gasteiger partial charge in [-0.1, -0.05) is 23.8 Å². The van der Waals surface area contributed by atoms with Gasteiger partial charge in [-0.05, 0) is 43.7 Å². The third-order valence-corrected chi connectivity index (χ3v) is 5.11. The quantitative estimate of drug-likeness (QED) is 0.884. The summed E-state index contributed by atoms with van der Waals surface area (Å²) >= 11 is 0. The summed E-state index contributed by atoms with van der Waals surface area (Å²) in [6, 6.07) is 12.0. The molecule has 20 heavy (non-hydrogen) atoms. The van der Waals surface area contributed by atoms with Crippen molar-refractivity contribution in [3.63, 3.8) is 0 Å². The summed E-state index contributed by atoms with van der Waals surface area (Å²) in [4.78, 5) is 0.268. The van der Waals surface area contributed by atoms with E-state index in [4.69, 9.17) is 5.73 Å². The molecule has 0 heterocycles. The van der Waals surface area contributed by atoms with Gasteiger partial charge >= 0.3 is 0 Å². The first-order chi connectivity index (χ1) is 9.32. The van der Waals surface area contributed by atoms with Crippen molar-refractivity contribution in [1.29, 1.82) is 0 Å². The van der Waals surface area contributed by atoms with Crippen molar-refractivity contribution in [3.8, 4) is 0 Å². The highest BCUT2D eigenvalue weighted by atomic mass is 32.2. The van der Waals surface area contributed by atoms with Crippen molar-refractivity contribution in [2.24, 2.45) is 0 Å². The number of benzene rings is 2. The normalized spacial score (nSPS) is 11.3. The Morgan fingerprint density at radius 2 is 1.60 bits per heavy atom. The smallest absolute Gasteiger partial charge is 0.264 e. The van der Waals surface area contributed by atoms with Crippen LogP contribution in [0.1, 0.15) is 11.1 Å². The van der Waals surface area contributed by atoms with E-state index in [0.717, 1.165) is 11.1 Å². The second-order valence-electron chi connectivity index (χ2n) is 4.83. The molecule has 106 valence electrons. The predicted molar refractivity (Wildman–Crippen MR) is 82.4 cm³/mol. The van der Waals surface area contributed by atoms with E-state index in [-0.39, 0.29) is 4.90 Å². The van der Waals surface area contributed by atoms with Crippen molar-refractivity contribution < 1.29 is 8.42 Å². The average Bonchev–Trinajstić information content (AvgIpc) is 2.41. The molecule has 0 aliphatic rings. The summed E-state index contributed by atoms with van der Waals surface area (Å²) in [5.74, 6) is 0. The summed E-state index contributed by atoms with van der Waals surface area (Å²) in [7, 11) is -2.03. The van der Waals surface area contributed by atoms with Gasteiger partial charge in [-0.25, -0.2) is 8.42 Å². The lowest BCUT2D eigenvalue weighted by atomic mass is 10.2. The second kappa shape index (κ2) is 5.17. The number of nitrogens with zero attached hydrogens (tertiary/aromatic N) is 1. The van der Waals surface area contributed by atoms with Gasteiger partial charge in [0, 0.05) is 12.7 Å². The van der Waals surface area contributed by atoms with E-state index >= 15 is 0 Å². The fourth-order valence-electron chi connectivity index (χ4n) is 1.83. The van der Waals surface area contributed by atoms with Crippen molar-refractivity contribution in [2.45, 2.75) is 18.7 Å². The van der Waals surface area contributed by atoms with Gasteiger partial charge in [0.05, 0.1) is 10.6 Å². The van der Waals surface area contributed by atoms with Crippen LogP contribution < -0.4 is 10.0 Å². The number of nitrogens with two attached hydrogens (primary N) is 1. The summed E-state index contributed by atoms with van der Waals surface area (Å²) in [6.07, 6.45) is 0. The van der Waals surface area contributed by atoms with Crippen LogP contribution in [-0.4, -0.2) is 15.5 Å². The van der Waals surface area contributed by atoms with E-state index < -0.39 is 10.0 Å². The molecular formula is C15H18N2O2S. The van der Waals surface area contributed by atoms with E-state index in [2.05, 4.69) is 0 Å². The molecule has 0 spiro atoms. The molecule has 0 aliphatic carbocycles. The molecule has 0 atom stereocenters. The lowest BCUT2D eigenvalue weighted by molar-refractivity contribution is 0.594. The first-order valence-electron chi connectivity index (χ1n) is 6.24. The summed E-state index contributed by atoms with van der Waals surface area (Å²) in [5, 5.41) is 0. The van der Waals surface area contributed by atoms with E-state index in [9.17, 15) is 8.42 Å². The largest absolute Gasteiger partial charge is 0.398 e. The lowest BCUT2D eigenvalue weighted by Crippen LogP contribution is -2.26. The molecule has 2 aromatic carbocycles. The Balaban J connectivity index is 2.42. The van der Waals surface area contributed by atoms with Gasteiger partial charge in [-0.3, -0.25) is 4.31 Å². The van der Waals surface area contributed by atoms with Crippen molar-refractivity contribution in [3.05, 3.63) is 53.6 Å². The van der Waals surface area contributed by atoms with Crippen LogP contribution in [-0.2, 0) is 10.0 Å². The standard InChI is InChI=1S/C15H18N2O2S/c1-11-4-8-14(9-5-11)20(18,19)17(3)13-7-6-12(2)15(16)10-13/h4-10H,16H2,1-3H3. The highest BCUT2D eigenvalue weighted by molar-refractivity contribution is 7.92. The highest BCUT2D eigenvalue weighted by Gasteiger charge is 2.21. The molecule has 0 bridgehead atoms. The maximum atomic E-state index is 12.5. The monoisotopic (exact) mass is 290 g/mol. The van der Waals surface area contributed by atoms with Crippen LogP contribution >= 0.6 is 0 Å². The van der Waals surface area contributed by atoms with Crippen LogP contribution in [0.25, 0.3) is 0 Å². The first-order valence-corrected chi connectivity index (χ1v) is 7.68. The summed E-state index contributed by atoms with van der Waals surface area (Å²) < 4.78 is 26.3. The molecule has 2 N–H and O–H groups in total. The molecule has 0 amide bonds. The van der Waals surface area contributed by atoms with Crippen molar-refractivity contribution in [1.82, 2.24) is 0 Å². The number of hydrogen-bond donors (Lipinski definition) is 1. The Labute approximate surface area is 119 Å². The van der Waals surface area contributed by atoms with Gasteiger partial charge in [0.1, 0.15) is 0 Å². The second-order valence-corrected chi connectivity index (χ2v) is 6.80. The molecule has 0 fully saturated rings. The molecule has 0 unspecified atom stereocenters. The average molecular weight is 290 g/mol. The van der Waals surface area contributed by atoms with E-state index in [1.807, 2.05) is 19.9 Å². The van der Waals surface area contributed by atoms with Crippen LogP contribution in [0.5, 0.6) is 0 Å². The van der Waals surface area contributed by atoms with E-state index in [1.165, 1.54) is 11.4 Å². The number of nitrogen functional groups attached to an aromatic ring is 1. The highest BCUT2D eigenvalue weighted by Crippen LogP contribution is 2.25. The van der Waals surface area contributed by atoms with E-state index in [1.54, 1.807) is 36.4 Å². The fraction of sp³-hybridized carbons (Fsp3) is 0.200. The number of anilines is 2. The lowest BCUT2D eigenvalue weighted by Gasteiger charge is -2.20. The molecule has 2 rings (SSSR count). The Morgan fingerprint density at radius 1 is 1.00 bits per heavy atom. The Kier molecular flexibility index (Phi) is 3.72. The SMILES string of the molecule is Cc1ccc(S(=O)(=O)N(C)c2ccc(C)c(N)c2)cc1. The molecule has 2 aromatic rings. The topological polar surface area (TPSA) is 63.4 Å². The molecule has 0 radical (unpaired) electrons. The maximum absolute atomic E-state index is 12.5. The van der Waals surface area contributed by atoms with Crippen LogP contribution in [0, 0.1) is 13.8 Å². The van der Waals surface area contributed by atoms with Crippen molar-refractivity contribution in [2.75, 3.05) is 17.1 Å². The number of aryl methyl sites for hydroxylation is 2. The van der Waals surface area contributed by atoms with Gasteiger partial charge in [0.25, 0.3) is 10.0 Å². The van der Waals surface area contributed by atoms with Gasteiger partial charge < -0.3 is 5.73 Å². The zero-order valence-electron chi connectivity index (χ0n) is 11.8. The van der Waals surface area contributed by atoms with Crippen LogP contribution in [0.3, 0.4) is 0 Å². The predicted octanol–water partition coefficient (Wildman–Crippen LogP) is 2.71. The van der Waals surface area contributed by atoms with Gasteiger partial charge in [0.15, 0.2) is 0 Å². The summed E-state index contributed by atoms with van der Waals surface area (Å²) in [6.45, 7) is 3.80. The third kappa shape index (κ3) is 2.63. The number of sulfonamides is 1. The molecule has 0 aliphatic heterocycles. The van der Waals surface area contributed by atoms with Crippen LogP contribution in [0.4, 0.5) is 11.4 Å². The minimum absolute atomic E-state index is 0.268. The zero-order chi connectivity index (χ0) is 14.9. The third-order valence-electron chi connectivity index (χ3n) is 3.31.